The second-order valence-corrected chi connectivity index (χ2v) is 6.45. The van der Waals surface area contributed by atoms with Gasteiger partial charge in [0, 0.05) is 30.6 Å². The van der Waals surface area contributed by atoms with Gasteiger partial charge in [-0.25, -0.2) is 0 Å². The van der Waals surface area contributed by atoms with Crippen molar-refractivity contribution in [3.63, 3.8) is 0 Å². The van der Waals surface area contributed by atoms with Gasteiger partial charge in [0.15, 0.2) is 6.61 Å². The molecule has 1 aromatic heterocycles. The monoisotopic (exact) mass is 386 g/mol. The van der Waals surface area contributed by atoms with Crippen molar-refractivity contribution >= 4 is 17.7 Å². The molecule has 1 aromatic carbocycles. The Labute approximate surface area is 164 Å². The maximum absolute atomic E-state index is 12.4. The summed E-state index contributed by atoms with van der Waals surface area (Å²) in [4.78, 5) is 36.1. The zero-order valence-electron chi connectivity index (χ0n) is 16.5. The number of ether oxygens (including phenoxy) is 2. The highest BCUT2D eigenvalue weighted by Crippen LogP contribution is 2.16. The average Bonchev–Trinajstić information content (AvgIpc) is 2.97. The third-order valence-electron chi connectivity index (χ3n) is 4.39. The van der Waals surface area contributed by atoms with E-state index >= 15 is 0 Å². The number of Topliss-reactive ketones (excluding diaryl/α,β-unsaturated/α-hetero) is 1. The molecule has 0 spiro atoms. The highest BCUT2D eigenvalue weighted by molar-refractivity contribution is 5.99. The Balaban J connectivity index is 1.79. The van der Waals surface area contributed by atoms with Crippen LogP contribution in [-0.4, -0.2) is 49.1 Å². The average molecular weight is 386 g/mol. The number of carbonyl (C=O) groups is 3. The maximum Gasteiger partial charge on any atom is 0.325 e. The van der Waals surface area contributed by atoms with Crippen LogP contribution in [-0.2, 0) is 32.0 Å². The summed E-state index contributed by atoms with van der Waals surface area (Å²) in [6, 6.07) is 11.0. The normalized spacial score (nSPS) is 10.5. The molecule has 150 valence electrons. The lowest BCUT2D eigenvalue weighted by atomic mass is 10.1. The fraction of sp³-hybridized carbons (Fsp3) is 0.381. The first-order chi connectivity index (χ1) is 13.4. The van der Waals surface area contributed by atoms with Crippen LogP contribution in [0.4, 0.5) is 0 Å². The van der Waals surface area contributed by atoms with E-state index in [0.717, 1.165) is 17.0 Å². The van der Waals surface area contributed by atoms with E-state index in [1.54, 1.807) is 13.2 Å². The number of amides is 1. The molecule has 0 aliphatic heterocycles. The molecule has 0 aliphatic rings. The fourth-order valence-corrected chi connectivity index (χ4v) is 2.90. The Kier molecular flexibility index (Phi) is 7.95. The Hall–Kier alpha value is -2.93. The van der Waals surface area contributed by atoms with E-state index < -0.39 is 5.97 Å². The van der Waals surface area contributed by atoms with Gasteiger partial charge >= 0.3 is 5.97 Å². The van der Waals surface area contributed by atoms with Crippen molar-refractivity contribution in [2.75, 3.05) is 26.9 Å². The summed E-state index contributed by atoms with van der Waals surface area (Å²) >= 11 is 0. The molecule has 0 aliphatic carbocycles. The van der Waals surface area contributed by atoms with Crippen molar-refractivity contribution in [1.29, 1.82) is 0 Å². The van der Waals surface area contributed by atoms with Gasteiger partial charge in [-0.05, 0) is 25.5 Å². The van der Waals surface area contributed by atoms with Gasteiger partial charge in [-0.15, -0.1) is 0 Å². The highest BCUT2D eigenvalue weighted by atomic mass is 16.5. The van der Waals surface area contributed by atoms with Crippen molar-refractivity contribution in [1.82, 2.24) is 9.88 Å². The molecule has 7 nitrogen and oxygen atoms in total. The van der Waals surface area contributed by atoms with Crippen LogP contribution in [0.2, 0.25) is 0 Å². The minimum absolute atomic E-state index is 0.181. The second kappa shape index (κ2) is 10.4. The van der Waals surface area contributed by atoms with Crippen molar-refractivity contribution in [2.45, 2.75) is 26.8 Å². The molecule has 2 aromatic rings. The lowest BCUT2D eigenvalue weighted by molar-refractivity contribution is -0.142. The molecule has 1 amide bonds. The molecule has 0 saturated carbocycles. The molecular formula is C21H26N2O5. The molecule has 1 heterocycles. The third-order valence-corrected chi connectivity index (χ3v) is 4.39. The molecule has 0 bridgehead atoms. The number of rotatable bonds is 10. The van der Waals surface area contributed by atoms with Gasteiger partial charge in [-0.1, -0.05) is 30.3 Å². The molecule has 28 heavy (non-hydrogen) atoms. The predicted octanol–water partition coefficient (Wildman–Crippen LogP) is 1.84. The number of benzene rings is 1. The lowest BCUT2D eigenvalue weighted by Crippen LogP contribution is -2.32. The largest absolute Gasteiger partial charge is 0.456 e. The van der Waals surface area contributed by atoms with E-state index in [1.807, 2.05) is 48.7 Å². The molecule has 0 saturated heterocycles. The highest BCUT2D eigenvalue weighted by Gasteiger charge is 2.17. The number of hydrogen-bond acceptors (Lipinski definition) is 5. The fourth-order valence-electron chi connectivity index (χ4n) is 2.90. The van der Waals surface area contributed by atoms with E-state index in [1.165, 1.54) is 0 Å². The summed E-state index contributed by atoms with van der Waals surface area (Å²) in [5, 5.41) is 2.50. The quantitative estimate of drug-likeness (QED) is 0.497. The molecule has 1 N–H and O–H groups in total. The number of ketones is 1. The van der Waals surface area contributed by atoms with Crippen molar-refractivity contribution in [2.24, 2.45) is 0 Å². The number of aromatic nitrogens is 1. The molecule has 0 atom stereocenters. The Morgan fingerprint density at radius 3 is 2.50 bits per heavy atom. The van der Waals surface area contributed by atoms with E-state index in [2.05, 4.69) is 5.32 Å². The topological polar surface area (TPSA) is 86.6 Å². The zero-order chi connectivity index (χ0) is 20.5. The summed E-state index contributed by atoms with van der Waals surface area (Å²) in [5.41, 5.74) is 3.13. The number of esters is 1. The van der Waals surface area contributed by atoms with E-state index in [4.69, 9.17) is 9.47 Å². The first-order valence-electron chi connectivity index (χ1n) is 9.07. The summed E-state index contributed by atoms with van der Waals surface area (Å²) in [7, 11) is 1.62. The van der Waals surface area contributed by atoms with Crippen LogP contribution in [0.25, 0.3) is 0 Å². The number of nitrogens with one attached hydrogen (secondary N) is 1. The number of hydrogen-bond donors (Lipinski definition) is 1. The lowest BCUT2D eigenvalue weighted by Gasteiger charge is -2.09. The van der Waals surface area contributed by atoms with Crippen LogP contribution >= 0.6 is 0 Å². The Morgan fingerprint density at radius 2 is 1.82 bits per heavy atom. The molecule has 0 radical (unpaired) electrons. The second-order valence-electron chi connectivity index (χ2n) is 6.45. The molecule has 0 fully saturated rings. The standard InChI is InChI=1S/C21H26N2O5/c1-15-11-18(16(2)23(15)9-10-27-3)19(24)14-28-21(26)13-22-20(25)12-17-7-5-4-6-8-17/h4-8,11H,9-10,12-14H2,1-3H3,(H,22,25). The van der Waals surface area contributed by atoms with Crippen LogP contribution in [0.1, 0.15) is 27.3 Å². The van der Waals surface area contributed by atoms with E-state index in [9.17, 15) is 14.4 Å². The Morgan fingerprint density at radius 1 is 1.11 bits per heavy atom. The third kappa shape index (κ3) is 6.06. The van der Waals surface area contributed by atoms with Crippen molar-refractivity contribution in [3.05, 3.63) is 58.9 Å². The number of aryl methyl sites for hydroxylation is 1. The van der Waals surface area contributed by atoms with Gasteiger partial charge < -0.3 is 19.4 Å². The maximum atomic E-state index is 12.4. The summed E-state index contributed by atoms with van der Waals surface area (Å²) in [6.07, 6.45) is 0.181. The van der Waals surface area contributed by atoms with Gasteiger partial charge in [0.25, 0.3) is 0 Å². The first kappa shape index (κ1) is 21.4. The molecule has 0 unspecified atom stereocenters. The predicted molar refractivity (Wildman–Crippen MR) is 104 cm³/mol. The van der Waals surface area contributed by atoms with Gasteiger partial charge in [-0.2, -0.15) is 0 Å². The van der Waals surface area contributed by atoms with Gasteiger partial charge in [0.05, 0.1) is 13.0 Å². The van der Waals surface area contributed by atoms with Crippen LogP contribution in [0.5, 0.6) is 0 Å². The van der Waals surface area contributed by atoms with Gasteiger partial charge in [-0.3, -0.25) is 14.4 Å². The molecule has 7 heteroatoms. The summed E-state index contributed by atoms with van der Waals surface area (Å²) in [6.45, 7) is 4.32. The van der Waals surface area contributed by atoms with Gasteiger partial charge in [0.2, 0.25) is 11.7 Å². The number of methoxy groups -OCH3 is 1. The SMILES string of the molecule is COCCn1c(C)cc(C(=O)COC(=O)CNC(=O)Cc2ccccc2)c1C. The van der Waals surface area contributed by atoms with E-state index in [-0.39, 0.29) is 31.3 Å². The van der Waals surface area contributed by atoms with Gasteiger partial charge in [0.1, 0.15) is 6.54 Å². The van der Waals surface area contributed by atoms with Crippen molar-refractivity contribution in [3.8, 4) is 0 Å². The van der Waals surface area contributed by atoms with Crippen LogP contribution in [0.15, 0.2) is 36.4 Å². The smallest absolute Gasteiger partial charge is 0.325 e. The van der Waals surface area contributed by atoms with Crippen molar-refractivity contribution < 1.29 is 23.9 Å². The minimum atomic E-state index is -0.650. The Bertz CT molecular complexity index is 827. The molecule has 2 rings (SSSR count). The van der Waals surface area contributed by atoms with Crippen LogP contribution in [0, 0.1) is 13.8 Å². The summed E-state index contributed by atoms with van der Waals surface area (Å²) < 4.78 is 12.1. The first-order valence-corrected chi connectivity index (χ1v) is 9.07. The van der Waals surface area contributed by atoms with E-state index in [0.29, 0.717) is 18.7 Å². The molecular weight excluding hydrogens is 360 g/mol. The number of carbonyl (C=O) groups excluding carboxylic acids is 3. The number of nitrogens with zero attached hydrogens (tertiary/aromatic N) is 1. The zero-order valence-corrected chi connectivity index (χ0v) is 16.5. The minimum Gasteiger partial charge on any atom is -0.456 e. The van der Waals surface area contributed by atoms with Crippen LogP contribution < -0.4 is 5.32 Å². The summed E-state index contributed by atoms with van der Waals surface area (Å²) in [5.74, 6) is -1.21. The van der Waals surface area contributed by atoms with Crippen LogP contribution in [0.3, 0.4) is 0 Å².